The lowest BCUT2D eigenvalue weighted by Gasteiger charge is -2.09. The molecule has 0 bridgehead atoms. The normalized spacial score (nSPS) is 10.4. The molecule has 28 heavy (non-hydrogen) atoms. The first-order chi connectivity index (χ1) is 13.4. The average Bonchev–Trinajstić information content (AvgIpc) is 2.68. The third-order valence-corrected chi connectivity index (χ3v) is 4.05. The van der Waals surface area contributed by atoms with Crippen molar-refractivity contribution < 1.29 is 19.1 Å². The molecule has 0 atom stereocenters. The molecule has 2 rings (SSSR count). The van der Waals surface area contributed by atoms with Gasteiger partial charge in [0.2, 0.25) is 0 Å². The van der Waals surface area contributed by atoms with Crippen molar-refractivity contribution in [2.75, 3.05) is 18.5 Å². The Labute approximate surface area is 165 Å². The maximum Gasteiger partial charge on any atom is 0.338 e. The fourth-order valence-electron chi connectivity index (χ4n) is 2.49. The van der Waals surface area contributed by atoms with E-state index in [0.717, 1.165) is 6.42 Å². The number of esters is 1. The lowest BCUT2D eigenvalue weighted by molar-refractivity contribution is 0.0526. The minimum atomic E-state index is -0.406. The molecule has 0 saturated heterocycles. The fraction of sp³-hybridized carbons (Fsp3) is 0.318. The van der Waals surface area contributed by atoms with Gasteiger partial charge in [0.15, 0.2) is 0 Å². The van der Waals surface area contributed by atoms with E-state index in [-0.39, 0.29) is 11.8 Å². The van der Waals surface area contributed by atoms with E-state index in [4.69, 9.17) is 4.74 Å². The van der Waals surface area contributed by atoms with Crippen LogP contribution in [0.5, 0.6) is 0 Å². The van der Waals surface area contributed by atoms with Crippen molar-refractivity contribution >= 4 is 23.5 Å². The number of hydrogen-bond acceptors (Lipinski definition) is 4. The number of ether oxygens (including phenoxy) is 1. The van der Waals surface area contributed by atoms with Gasteiger partial charge in [-0.2, -0.15) is 0 Å². The molecule has 0 heterocycles. The molecule has 2 aromatic carbocycles. The predicted octanol–water partition coefficient (Wildman–Crippen LogP) is 3.89. The third kappa shape index (κ3) is 6.23. The molecule has 0 fully saturated rings. The molecule has 0 spiro atoms. The molecule has 0 saturated carbocycles. The number of nitrogens with one attached hydrogen (secondary N) is 2. The quantitative estimate of drug-likeness (QED) is 0.679. The van der Waals surface area contributed by atoms with Crippen LogP contribution < -0.4 is 10.6 Å². The number of anilines is 1. The van der Waals surface area contributed by atoms with E-state index in [1.807, 2.05) is 0 Å². The van der Waals surface area contributed by atoms with Crippen molar-refractivity contribution in [3.8, 4) is 0 Å². The number of rotatable bonds is 8. The van der Waals surface area contributed by atoms with E-state index in [2.05, 4.69) is 24.5 Å². The molecule has 2 amide bonds. The molecule has 0 aliphatic heterocycles. The summed E-state index contributed by atoms with van der Waals surface area (Å²) in [6, 6.07) is 13.0. The van der Waals surface area contributed by atoms with Crippen LogP contribution in [-0.4, -0.2) is 30.9 Å². The average molecular weight is 382 g/mol. The predicted molar refractivity (Wildman–Crippen MR) is 109 cm³/mol. The molecule has 6 heteroatoms. The first-order valence-corrected chi connectivity index (χ1v) is 9.37. The maximum absolute atomic E-state index is 12.5. The Morgan fingerprint density at radius 2 is 1.57 bits per heavy atom. The largest absolute Gasteiger partial charge is 0.462 e. The van der Waals surface area contributed by atoms with E-state index in [9.17, 15) is 14.4 Å². The Morgan fingerprint density at radius 1 is 0.929 bits per heavy atom. The van der Waals surface area contributed by atoms with Gasteiger partial charge in [-0.05, 0) is 61.7 Å². The van der Waals surface area contributed by atoms with Crippen molar-refractivity contribution in [2.45, 2.75) is 27.2 Å². The number of benzene rings is 2. The van der Waals surface area contributed by atoms with Crippen molar-refractivity contribution in [1.82, 2.24) is 5.32 Å². The van der Waals surface area contributed by atoms with Crippen LogP contribution in [0.15, 0.2) is 48.5 Å². The van der Waals surface area contributed by atoms with Gasteiger partial charge in [0.1, 0.15) is 0 Å². The van der Waals surface area contributed by atoms with Crippen LogP contribution in [-0.2, 0) is 4.74 Å². The van der Waals surface area contributed by atoms with Crippen LogP contribution in [0.4, 0.5) is 5.69 Å². The highest BCUT2D eigenvalue weighted by Crippen LogP contribution is 2.13. The van der Waals surface area contributed by atoms with Gasteiger partial charge in [0.25, 0.3) is 11.8 Å². The minimum Gasteiger partial charge on any atom is -0.462 e. The second kappa shape index (κ2) is 10.3. The van der Waals surface area contributed by atoms with E-state index in [0.29, 0.717) is 41.4 Å². The summed E-state index contributed by atoms with van der Waals surface area (Å²) < 4.78 is 4.93. The van der Waals surface area contributed by atoms with Crippen molar-refractivity contribution in [3.63, 3.8) is 0 Å². The summed E-state index contributed by atoms with van der Waals surface area (Å²) in [5.74, 6) is -0.431. The number of carbonyl (C=O) groups is 3. The molecule has 6 nitrogen and oxygen atoms in total. The second-order valence-electron chi connectivity index (χ2n) is 6.77. The molecule has 2 aromatic rings. The van der Waals surface area contributed by atoms with Gasteiger partial charge in [-0.3, -0.25) is 9.59 Å². The zero-order valence-corrected chi connectivity index (χ0v) is 16.5. The smallest absolute Gasteiger partial charge is 0.338 e. The van der Waals surface area contributed by atoms with Crippen molar-refractivity contribution in [3.05, 3.63) is 65.2 Å². The molecule has 0 unspecified atom stereocenters. The van der Waals surface area contributed by atoms with Gasteiger partial charge >= 0.3 is 5.97 Å². The molecule has 0 aromatic heterocycles. The number of amides is 2. The number of hydrogen-bond donors (Lipinski definition) is 2. The van der Waals surface area contributed by atoms with Gasteiger partial charge in [-0.1, -0.05) is 19.9 Å². The van der Waals surface area contributed by atoms with Crippen molar-refractivity contribution in [1.29, 1.82) is 0 Å². The van der Waals surface area contributed by atoms with E-state index in [1.54, 1.807) is 55.5 Å². The van der Waals surface area contributed by atoms with Crippen LogP contribution >= 0.6 is 0 Å². The zero-order valence-electron chi connectivity index (χ0n) is 16.5. The first kappa shape index (κ1) is 21.2. The molecule has 2 N–H and O–H groups in total. The van der Waals surface area contributed by atoms with Crippen molar-refractivity contribution in [2.24, 2.45) is 5.92 Å². The summed E-state index contributed by atoms with van der Waals surface area (Å²) in [5.41, 5.74) is 1.78. The standard InChI is InChI=1S/C22H26N2O4/c1-4-28-22(27)16-8-10-19(11-9-16)24-21(26)18-7-5-6-17(14-18)20(25)23-13-12-15(2)3/h5-11,14-15H,4,12-13H2,1-3H3,(H,23,25)(H,24,26). The molecule has 0 aliphatic carbocycles. The highest BCUT2D eigenvalue weighted by atomic mass is 16.5. The Kier molecular flexibility index (Phi) is 7.75. The summed E-state index contributed by atoms with van der Waals surface area (Å²) in [6.45, 7) is 6.83. The van der Waals surface area contributed by atoms with Crippen LogP contribution in [0, 0.1) is 5.92 Å². The monoisotopic (exact) mass is 382 g/mol. The molecular formula is C22H26N2O4. The summed E-state index contributed by atoms with van der Waals surface area (Å²) in [5, 5.41) is 5.62. The zero-order chi connectivity index (χ0) is 20.5. The highest BCUT2D eigenvalue weighted by Gasteiger charge is 2.12. The molecule has 0 aliphatic rings. The fourth-order valence-corrected chi connectivity index (χ4v) is 2.49. The second-order valence-corrected chi connectivity index (χ2v) is 6.77. The summed E-state index contributed by atoms with van der Waals surface area (Å²) in [4.78, 5) is 36.4. The van der Waals surface area contributed by atoms with Gasteiger partial charge in [-0.25, -0.2) is 4.79 Å². The Hall–Kier alpha value is -3.15. The minimum absolute atomic E-state index is 0.200. The highest BCUT2D eigenvalue weighted by molar-refractivity contribution is 6.06. The number of carbonyl (C=O) groups excluding carboxylic acids is 3. The summed E-state index contributed by atoms with van der Waals surface area (Å²) >= 11 is 0. The topological polar surface area (TPSA) is 84.5 Å². The third-order valence-electron chi connectivity index (χ3n) is 4.05. The van der Waals surface area contributed by atoms with Crippen LogP contribution in [0.1, 0.15) is 58.3 Å². The molecular weight excluding hydrogens is 356 g/mol. The van der Waals surface area contributed by atoms with E-state index >= 15 is 0 Å². The lowest BCUT2D eigenvalue weighted by atomic mass is 10.1. The van der Waals surface area contributed by atoms with Crippen LogP contribution in [0.3, 0.4) is 0 Å². The van der Waals surface area contributed by atoms with Crippen LogP contribution in [0.2, 0.25) is 0 Å². The van der Waals surface area contributed by atoms with E-state index < -0.39 is 5.97 Å². The van der Waals surface area contributed by atoms with E-state index in [1.165, 1.54) is 0 Å². The van der Waals surface area contributed by atoms with Crippen LogP contribution in [0.25, 0.3) is 0 Å². The first-order valence-electron chi connectivity index (χ1n) is 9.37. The van der Waals surface area contributed by atoms with Gasteiger partial charge in [-0.15, -0.1) is 0 Å². The molecule has 148 valence electrons. The Bertz CT molecular complexity index is 829. The molecule has 0 radical (unpaired) electrons. The Morgan fingerprint density at radius 3 is 2.18 bits per heavy atom. The van der Waals surface area contributed by atoms with Gasteiger partial charge < -0.3 is 15.4 Å². The van der Waals surface area contributed by atoms with Gasteiger partial charge in [0.05, 0.1) is 12.2 Å². The summed E-state index contributed by atoms with van der Waals surface area (Å²) in [6.07, 6.45) is 0.897. The lowest BCUT2D eigenvalue weighted by Crippen LogP contribution is -2.25. The SMILES string of the molecule is CCOC(=O)c1ccc(NC(=O)c2cccc(C(=O)NCCC(C)C)c2)cc1. The van der Waals surface area contributed by atoms with Gasteiger partial charge in [0, 0.05) is 23.4 Å². The Balaban J connectivity index is 2.00. The maximum atomic E-state index is 12.5. The summed E-state index contributed by atoms with van der Waals surface area (Å²) in [7, 11) is 0.